The lowest BCUT2D eigenvalue weighted by Crippen LogP contribution is -2.41. The van der Waals surface area contributed by atoms with Gasteiger partial charge in [-0.2, -0.15) is 0 Å². The number of hydrogen-bond acceptors (Lipinski definition) is 5. The van der Waals surface area contributed by atoms with Gasteiger partial charge in [0.2, 0.25) is 5.78 Å². The molecule has 1 aromatic heterocycles. The highest BCUT2D eigenvalue weighted by Crippen LogP contribution is 2.36. The lowest BCUT2D eigenvalue weighted by atomic mass is 9.79. The molecule has 1 aliphatic rings. The molecule has 0 spiro atoms. The van der Waals surface area contributed by atoms with E-state index < -0.39 is 0 Å². The number of carbonyl (C=O) groups is 1. The Morgan fingerprint density at radius 1 is 1.17 bits per heavy atom. The van der Waals surface area contributed by atoms with Crippen molar-refractivity contribution in [3.05, 3.63) is 42.5 Å². The third-order valence-electron chi connectivity index (χ3n) is 4.65. The van der Waals surface area contributed by atoms with Gasteiger partial charge in [-0.3, -0.25) is 4.79 Å². The molecular formula is C17H22BN3O3. The maximum atomic E-state index is 11.9. The van der Waals surface area contributed by atoms with Gasteiger partial charge in [-0.1, -0.05) is 12.1 Å². The quantitative estimate of drug-likeness (QED) is 0.649. The number of aromatic amines is 1. The van der Waals surface area contributed by atoms with Crippen molar-refractivity contribution in [1.82, 2.24) is 9.97 Å². The number of rotatable bonds is 5. The first-order valence-corrected chi connectivity index (χ1v) is 8.00. The molecule has 2 aromatic rings. The van der Waals surface area contributed by atoms with Crippen LogP contribution < -0.4 is 10.8 Å². The van der Waals surface area contributed by atoms with E-state index in [1.165, 1.54) is 0 Å². The van der Waals surface area contributed by atoms with Crippen molar-refractivity contribution in [3.63, 3.8) is 0 Å². The molecule has 1 aliphatic heterocycles. The van der Waals surface area contributed by atoms with Gasteiger partial charge in [0.1, 0.15) is 0 Å². The van der Waals surface area contributed by atoms with Crippen molar-refractivity contribution in [2.75, 3.05) is 11.9 Å². The van der Waals surface area contributed by atoms with Crippen molar-refractivity contribution < 1.29 is 14.1 Å². The standard InChI is InChI=1S/C17H22BN3O3/c1-16(2)17(3,4)24-18(23-16)12-5-7-13(8-6-12)21-11-14(22)15-19-9-10-20-15/h5-10,21H,11H2,1-4H3,(H,19,20). The third-order valence-corrected chi connectivity index (χ3v) is 4.65. The Morgan fingerprint density at radius 2 is 1.79 bits per heavy atom. The summed E-state index contributed by atoms with van der Waals surface area (Å²) in [4.78, 5) is 18.6. The summed E-state index contributed by atoms with van der Waals surface area (Å²) in [7, 11) is -0.381. The van der Waals surface area contributed by atoms with Crippen molar-refractivity contribution in [1.29, 1.82) is 0 Å². The second-order valence-electron chi connectivity index (χ2n) is 6.92. The van der Waals surface area contributed by atoms with Crippen LogP contribution in [0.25, 0.3) is 0 Å². The van der Waals surface area contributed by atoms with Crippen LogP contribution in [0, 0.1) is 0 Å². The van der Waals surface area contributed by atoms with Crippen LogP contribution in [0.1, 0.15) is 38.3 Å². The van der Waals surface area contributed by atoms with Crippen LogP contribution in [0.15, 0.2) is 36.7 Å². The molecule has 24 heavy (non-hydrogen) atoms. The van der Waals surface area contributed by atoms with Crippen molar-refractivity contribution in [2.45, 2.75) is 38.9 Å². The molecule has 3 rings (SSSR count). The van der Waals surface area contributed by atoms with Gasteiger partial charge in [0.05, 0.1) is 17.7 Å². The fourth-order valence-electron chi connectivity index (χ4n) is 2.42. The minimum atomic E-state index is -0.381. The number of imidazole rings is 1. The molecule has 0 unspecified atom stereocenters. The monoisotopic (exact) mass is 327 g/mol. The number of benzene rings is 1. The van der Waals surface area contributed by atoms with E-state index in [0.717, 1.165) is 11.2 Å². The highest BCUT2D eigenvalue weighted by molar-refractivity contribution is 6.62. The molecule has 1 saturated heterocycles. The summed E-state index contributed by atoms with van der Waals surface area (Å²) in [5.41, 5.74) is 1.10. The van der Waals surface area contributed by atoms with E-state index in [1.54, 1.807) is 12.4 Å². The summed E-state index contributed by atoms with van der Waals surface area (Å²) in [6.45, 7) is 8.31. The van der Waals surface area contributed by atoms with Gasteiger partial charge in [-0.15, -0.1) is 0 Å². The lowest BCUT2D eigenvalue weighted by molar-refractivity contribution is 0.00578. The van der Waals surface area contributed by atoms with E-state index in [1.807, 2.05) is 52.0 Å². The Morgan fingerprint density at radius 3 is 2.33 bits per heavy atom. The topological polar surface area (TPSA) is 76.2 Å². The average Bonchev–Trinajstić information content (AvgIpc) is 3.12. The zero-order valence-corrected chi connectivity index (χ0v) is 14.4. The Labute approximate surface area is 142 Å². The number of aromatic nitrogens is 2. The highest BCUT2D eigenvalue weighted by Gasteiger charge is 2.51. The molecule has 6 nitrogen and oxygen atoms in total. The predicted molar refractivity (Wildman–Crippen MR) is 93.6 cm³/mol. The number of carbonyl (C=O) groups excluding carboxylic acids is 1. The Hall–Kier alpha value is -2.12. The first kappa shape index (κ1) is 16.7. The van der Waals surface area contributed by atoms with E-state index in [9.17, 15) is 4.79 Å². The molecule has 0 bridgehead atoms. The van der Waals surface area contributed by atoms with Crippen LogP contribution in [0.2, 0.25) is 0 Å². The molecule has 2 N–H and O–H groups in total. The maximum Gasteiger partial charge on any atom is 0.494 e. The fraction of sp³-hybridized carbons (Fsp3) is 0.412. The molecule has 0 saturated carbocycles. The fourth-order valence-corrected chi connectivity index (χ4v) is 2.42. The lowest BCUT2D eigenvalue weighted by Gasteiger charge is -2.32. The zero-order valence-electron chi connectivity index (χ0n) is 14.4. The number of hydrogen-bond donors (Lipinski definition) is 2. The van der Waals surface area contributed by atoms with Crippen LogP contribution in [0.5, 0.6) is 0 Å². The van der Waals surface area contributed by atoms with Crippen LogP contribution >= 0.6 is 0 Å². The zero-order chi connectivity index (χ0) is 17.4. The number of ketones is 1. The van der Waals surface area contributed by atoms with E-state index in [0.29, 0.717) is 5.82 Å². The van der Waals surface area contributed by atoms with Crippen LogP contribution in [0.3, 0.4) is 0 Å². The number of Topliss-reactive ketones (excluding diaryl/α,β-unsaturated/α-hetero) is 1. The minimum Gasteiger partial charge on any atom is -0.399 e. The van der Waals surface area contributed by atoms with Gasteiger partial charge in [-0.05, 0) is 45.3 Å². The van der Waals surface area contributed by atoms with Gasteiger partial charge in [0, 0.05) is 18.1 Å². The second-order valence-corrected chi connectivity index (χ2v) is 6.92. The number of H-pyrrole nitrogens is 1. The van der Waals surface area contributed by atoms with Crippen molar-refractivity contribution >= 4 is 24.1 Å². The molecule has 1 aromatic carbocycles. The summed E-state index contributed by atoms with van der Waals surface area (Å²) in [5.74, 6) is 0.270. The average molecular weight is 327 g/mol. The highest BCUT2D eigenvalue weighted by atomic mass is 16.7. The molecule has 0 amide bonds. The van der Waals surface area contributed by atoms with Gasteiger partial charge in [0.15, 0.2) is 5.82 Å². The van der Waals surface area contributed by atoms with Gasteiger partial charge >= 0.3 is 7.12 Å². The molecule has 7 heteroatoms. The maximum absolute atomic E-state index is 11.9. The van der Waals surface area contributed by atoms with Crippen molar-refractivity contribution in [3.8, 4) is 0 Å². The first-order valence-electron chi connectivity index (χ1n) is 8.00. The SMILES string of the molecule is CC1(C)OB(c2ccc(NCC(=O)c3ncc[nH]3)cc2)OC1(C)C. The molecule has 0 radical (unpaired) electrons. The van der Waals surface area contributed by atoms with Gasteiger partial charge in [0.25, 0.3) is 0 Å². The summed E-state index contributed by atoms with van der Waals surface area (Å²) < 4.78 is 12.1. The number of nitrogens with one attached hydrogen (secondary N) is 2. The van der Waals surface area contributed by atoms with Gasteiger partial charge < -0.3 is 19.6 Å². The Bertz CT molecular complexity index is 695. The molecule has 126 valence electrons. The Kier molecular flexibility index (Phi) is 4.23. The smallest absolute Gasteiger partial charge is 0.399 e. The number of anilines is 1. The van der Waals surface area contributed by atoms with Crippen LogP contribution in [0.4, 0.5) is 5.69 Å². The summed E-state index contributed by atoms with van der Waals surface area (Å²) >= 11 is 0. The second kappa shape index (κ2) is 6.07. The van der Waals surface area contributed by atoms with E-state index in [-0.39, 0.29) is 30.6 Å². The van der Waals surface area contributed by atoms with E-state index in [2.05, 4.69) is 15.3 Å². The first-order chi connectivity index (χ1) is 11.3. The summed E-state index contributed by atoms with van der Waals surface area (Å²) in [6.07, 6.45) is 3.19. The summed E-state index contributed by atoms with van der Waals surface area (Å²) in [5, 5.41) is 3.09. The van der Waals surface area contributed by atoms with Crippen LogP contribution in [-0.2, 0) is 9.31 Å². The largest absolute Gasteiger partial charge is 0.494 e. The van der Waals surface area contributed by atoms with E-state index >= 15 is 0 Å². The van der Waals surface area contributed by atoms with Gasteiger partial charge in [-0.25, -0.2) is 4.98 Å². The van der Waals surface area contributed by atoms with Crippen LogP contribution in [-0.4, -0.2) is 40.6 Å². The Balaban J connectivity index is 1.61. The molecule has 0 aliphatic carbocycles. The van der Waals surface area contributed by atoms with Crippen molar-refractivity contribution in [2.24, 2.45) is 0 Å². The third kappa shape index (κ3) is 3.23. The normalized spacial score (nSPS) is 18.6. The number of nitrogens with zero attached hydrogens (tertiary/aromatic N) is 1. The predicted octanol–water partition coefficient (Wildman–Crippen LogP) is 2.00. The summed E-state index contributed by atoms with van der Waals surface area (Å²) in [6, 6.07) is 7.72. The van der Waals surface area contributed by atoms with E-state index in [4.69, 9.17) is 9.31 Å². The minimum absolute atomic E-state index is 0.0879. The molecular weight excluding hydrogens is 305 g/mol. The molecule has 1 fully saturated rings. The molecule has 0 atom stereocenters. The molecule has 2 heterocycles.